The molecule has 0 radical (unpaired) electrons. The third-order valence-corrected chi connectivity index (χ3v) is 8.01. The van der Waals surface area contributed by atoms with Crippen LogP contribution in [0.1, 0.15) is 5.56 Å². The van der Waals surface area contributed by atoms with Gasteiger partial charge in [-0.2, -0.15) is 4.57 Å². The van der Waals surface area contributed by atoms with Gasteiger partial charge < -0.3 is 8.98 Å². The lowest BCUT2D eigenvalue weighted by Crippen LogP contribution is -2.33. The fourth-order valence-corrected chi connectivity index (χ4v) is 6.23. The van der Waals surface area contributed by atoms with E-state index < -0.39 is 0 Å². The molecule has 8 rings (SSSR count). The molecular weight excluding hydrogens is 464 g/mol. The highest BCUT2D eigenvalue weighted by atomic mass is 16.3. The normalized spacial score (nSPS) is 11.9. The van der Waals surface area contributed by atoms with Crippen LogP contribution in [0.3, 0.4) is 0 Å². The summed E-state index contributed by atoms with van der Waals surface area (Å²) in [4.78, 5) is 0. The zero-order chi connectivity index (χ0) is 25.4. The van der Waals surface area contributed by atoms with Gasteiger partial charge in [0.1, 0.15) is 18.2 Å². The van der Waals surface area contributed by atoms with Crippen LogP contribution < -0.4 is 4.57 Å². The Kier molecular flexibility index (Phi) is 4.36. The molecule has 0 bridgehead atoms. The Labute approximate surface area is 219 Å². The van der Waals surface area contributed by atoms with Crippen molar-refractivity contribution in [3.05, 3.63) is 121 Å². The number of para-hydroxylation sites is 4. The van der Waals surface area contributed by atoms with Crippen molar-refractivity contribution in [1.29, 1.82) is 0 Å². The molecule has 3 heteroatoms. The van der Waals surface area contributed by atoms with Crippen LogP contribution in [0.4, 0.5) is 0 Å². The predicted molar refractivity (Wildman–Crippen MR) is 157 cm³/mol. The van der Waals surface area contributed by atoms with E-state index >= 15 is 0 Å². The number of fused-ring (bicyclic) bond motifs is 7. The third kappa shape index (κ3) is 2.81. The van der Waals surface area contributed by atoms with Gasteiger partial charge in [0.05, 0.1) is 27.7 Å². The Morgan fingerprint density at radius 2 is 1.21 bits per heavy atom. The quantitative estimate of drug-likeness (QED) is 0.223. The summed E-state index contributed by atoms with van der Waals surface area (Å²) < 4.78 is 11.3. The molecule has 0 saturated heterocycles. The average Bonchev–Trinajstić information content (AvgIpc) is 3.50. The first-order valence-electron chi connectivity index (χ1n) is 13.0. The zero-order valence-corrected chi connectivity index (χ0v) is 21.3. The van der Waals surface area contributed by atoms with Gasteiger partial charge in [-0.05, 0) is 36.8 Å². The molecule has 0 aliphatic carbocycles. The van der Waals surface area contributed by atoms with E-state index in [9.17, 15) is 0 Å². The highest BCUT2D eigenvalue weighted by Crippen LogP contribution is 2.40. The van der Waals surface area contributed by atoms with Crippen LogP contribution in [-0.2, 0) is 7.05 Å². The summed E-state index contributed by atoms with van der Waals surface area (Å²) in [5, 5.41) is 6.03. The van der Waals surface area contributed by atoms with E-state index in [1.165, 1.54) is 44.0 Å². The molecule has 0 fully saturated rings. The van der Waals surface area contributed by atoms with Crippen molar-refractivity contribution in [1.82, 2.24) is 4.57 Å². The number of rotatable bonds is 2. The number of benzene rings is 5. The van der Waals surface area contributed by atoms with Crippen molar-refractivity contribution < 1.29 is 8.98 Å². The summed E-state index contributed by atoms with van der Waals surface area (Å²) >= 11 is 0. The summed E-state index contributed by atoms with van der Waals surface area (Å²) in [7, 11) is 2.16. The molecular formula is C35H25N2O+. The lowest BCUT2D eigenvalue weighted by Gasteiger charge is -2.14. The molecule has 0 aliphatic heterocycles. The molecule has 180 valence electrons. The molecule has 0 aliphatic rings. The van der Waals surface area contributed by atoms with Gasteiger partial charge in [0, 0.05) is 33.7 Å². The van der Waals surface area contributed by atoms with Crippen LogP contribution in [0.5, 0.6) is 0 Å². The van der Waals surface area contributed by atoms with Gasteiger partial charge in [0.25, 0.3) is 0 Å². The molecule has 38 heavy (non-hydrogen) atoms. The molecule has 0 amide bonds. The summed E-state index contributed by atoms with van der Waals surface area (Å²) in [6, 6.07) is 41.1. The lowest BCUT2D eigenvalue weighted by molar-refractivity contribution is -0.633. The highest BCUT2D eigenvalue weighted by molar-refractivity contribution is 6.12. The van der Waals surface area contributed by atoms with E-state index in [-0.39, 0.29) is 0 Å². The van der Waals surface area contributed by atoms with Gasteiger partial charge in [0.2, 0.25) is 11.2 Å². The number of pyridine rings is 1. The second-order valence-electron chi connectivity index (χ2n) is 10.1. The maximum Gasteiger partial charge on any atom is 0.218 e. The smallest absolute Gasteiger partial charge is 0.218 e. The molecule has 0 unspecified atom stereocenters. The summed E-state index contributed by atoms with van der Waals surface area (Å²) in [5.74, 6) is 0. The summed E-state index contributed by atoms with van der Waals surface area (Å²) in [6.45, 7) is 2.18. The van der Waals surface area contributed by atoms with Crippen molar-refractivity contribution in [2.75, 3.05) is 0 Å². The topological polar surface area (TPSA) is 21.9 Å². The fraction of sp³-hybridized carbons (Fsp3) is 0.0571. The monoisotopic (exact) mass is 489 g/mol. The summed E-state index contributed by atoms with van der Waals surface area (Å²) in [5.41, 5.74) is 10.1. The van der Waals surface area contributed by atoms with Crippen LogP contribution in [-0.4, -0.2) is 4.57 Å². The van der Waals surface area contributed by atoms with Gasteiger partial charge in [-0.1, -0.05) is 78.9 Å². The van der Waals surface area contributed by atoms with Crippen molar-refractivity contribution in [3.8, 4) is 16.9 Å². The number of furan rings is 1. The molecule has 3 heterocycles. The van der Waals surface area contributed by atoms with E-state index in [2.05, 4.69) is 132 Å². The highest BCUT2D eigenvalue weighted by Gasteiger charge is 2.25. The van der Waals surface area contributed by atoms with Crippen molar-refractivity contribution in [3.63, 3.8) is 0 Å². The van der Waals surface area contributed by atoms with Gasteiger partial charge in [-0.25, -0.2) is 0 Å². The summed E-state index contributed by atoms with van der Waals surface area (Å²) in [6.07, 6.45) is 0. The minimum Gasteiger partial charge on any atom is -0.455 e. The average molecular weight is 490 g/mol. The Morgan fingerprint density at radius 1 is 0.605 bits per heavy atom. The SMILES string of the molecule is Cc1ccc2c(oc3ccccc32)c1-c1cc(-n2c3ccccc3c3ccccc32)c2ccccc2[n+]1C. The lowest BCUT2D eigenvalue weighted by atomic mass is 9.99. The second kappa shape index (κ2) is 7.80. The zero-order valence-electron chi connectivity index (χ0n) is 21.3. The van der Waals surface area contributed by atoms with E-state index in [0.717, 1.165) is 33.2 Å². The molecule has 5 aromatic carbocycles. The second-order valence-corrected chi connectivity index (χ2v) is 10.1. The van der Waals surface area contributed by atoms with Crippen molar-refractivity contribution >= 4 is 54.6 Å². The standard InChI is InChI=1S/C35H25N2O/c1-22-19-20-26-25-13-6-10-18-33(25)38-35(26)34(22)32-21-31(27-14-5-7-15-28(27)36(32)2)37-29-16-8-3-11-23(29)24-12-4-9-17-30(24)37/h3-21H,1-2H3/q+1. The molecule has 8 aromatic rings. The molecule has 3 nitrogen and oxygen atoms in total. The van der Waals surface area contributed by atoms with Gasteiger partial charge in [-0.15, -0.1) is 0 Å². The number of aromatic nitrogens is 2. The molecule has 0 N–H and O–H groups in total. The third-order valence-electron chi connectivity index (χ3n) is 8.01. The minimum absolute atomic E-state index is 0.917. The number of hydrogen-bond donors (Lipinski definition) is 0. The maximum absolute atomic E-state index is 6.54. The van der Waals surface area contributed by atoms with Crippen LogP contribution in [0, 0.1) is 6.92 Å². The maximum atomic E-state index is 6.54. The van der Waals surface area contributed by atoms with E-state index in [0.29, 0.717) is 0 Å². The van der Waals surface area contributed by atoms with E-state index in [1.54, 1.807) is 0 Å². The molecule has 0 spiro atoms. The first-order valence-corrected chi connectivity index (χ1v) is 13.0. The Bertz CT molecular complexity index is 2160. The molecule has 0 saturated carbocycles. The largest absolute Gasteiger partial charge is 0.455 e. The van der Waals surface area contributed by atoms with Crippen LogP contribution in [0.25, 0.3) is 71.6 Å². The van der Waals surface area contributed by atoms with Gasteiger partial charge in [0.15, 0.2) is 0 Å². The Morgan fingerprint density at radius 3 is 1.95 bits per heavy atom. The van der Waals surface area contributed by atoms with Crippen molar-refractivity contribution in [2.24, 2.45) is 7.05 Å². The van der Waals surface area contributed by atoms with Crippen LogP contribution in [0.2, 0.25) is 0 Å². The Hall–Kier alpha value is -4.89. The minimum atomic E-state index is 0.917. The Balaban J connectivity index is 1.55. The van der Waals surface area contributed by atoms with Crippen LogP contribution in [0.15, 0.2) is 120 Å². The molecule has 3 aromatic heterocycles. The first kappa shape index (κ1) is 21.2. The number of hydrogen-bond acceptors (Lipinski definition) is 1. The molecule has 0 atom stereocenters. The van der Waals surface area contributed by atoms with Gasteiger partial charge in [-0.3, -0.25) is 0 Å². The first-order chi connectivity index (χ1) is 18.7. The fourth-order valence-electron chi connectivity index (χ4n) is 6.23. The van der Waals surface area contributed by atoms with Crippen LogP contribution >= 0.6 is 0 Å². The van der Waals surface area contributed by atoms with Gasteiger partial charge >= 0.3 is 0 Å². The predicted octanol–water partition coefficient (Wildman–Crippen LogP) is 8.64. The number of aryl methyl sites for hydroxylation is 2. The number of nitrogens with zero attached hydrogens (tertiary/aromatic N) is 2. The van der Waals surface area contributed by atoms with E-state index in [4.69, 9.17) is 4.42 Å². The van der Waals surface area contributed by atoms with E-state index in [1.807, 2.05) is 6.07 Å². The van der Waals surface area contributed by atoms with Crippen molar-refractivity contribution in [2.45, 2.75) is 6.92 Å².